The molecule has 2 N–H and O–H groups in total. The van der Waals surface area contributed by atoms with E-state index in [0.29, 0.717) is 17.9 Å². The van der Waals surface area contributed by atoms with Gasteiger partial charge in [-0.1, -0.05) is 65.3 Å². The number of hydrogen-bond donors (Lipinski definition) is 2. The molecule has 0 heterocycles. The van der Waals surface area contributed by atoms with Gasteiger partial charge in [0, 0.05) is 6.42 Å². The lowest BCUT2D eigenvalue weighted by Gasteiger charge is -2.24. The second-order valence-corrected chi connectivity index (χ2v) is 9.29. The molecule has 2 heteroatoms. The van der Waals surface area contributed by atoms with Crippen LogP contribution in [-0.2, 0) is 17.3 Å². The summed E-state index contributed by atoms with van der Waals surface area (Å²) in [5.74, 6) is 0.702. The Kier molecular flexibility index (Phi) is 4.96. The molecule has 0 aliphatic heterocycles. The summed E-state index contributed by atoms with van der Waals surface area (Å²) in [5, 5.41) is 21.3. The Labute approximate surface area is 152 Å². The third-order valence-corrected chi connectivity index (χ3v) is 4.78. The number of phenolic OH excluding ortho intramolecular Hbond substituents is 2. The lowest BCUT2D eigenvalue weighted by molar-refractivity contribution is 0.439. The molecule has 2 aromatic carbocycles. The number of hydrogen-bond acceptors (Lipinski definition) is 2. The zero-order valence-electron chi connectivity index (χ0n) is 16.9. The highest BCUT2D eigenvalue weighted by molar-refractivity contribution is 5.51. The van der Waals surface area contributed by atoms with Crippen LogP contribution >= 0.6 is 0 Å². The molecule has 0 aromatic heterocycles. The summed E-state index contributed by atoms with van der Waals surface area (Å²) in [5.41, 5.74) is 5.96. The average molecular weight is 341 g/mol. The minimum absolute atomic E-state index is 0.0990. The number of aromatic hydroxyl groups is 2. The van der Waals surface area contributed by atoms with Gasteiger partial charge < -0.3 is 10.2 Å². The van der Waals surface area contributed by atoms with Gasteiger partial charge in [0.15, 0.2) is 0 Å². The summed E-state index contributed by atoms with van der Waals surface area (Å²) in [4.78, 5) is 0. The van der Waals surface area contributed by atoms with Gasteiger partial charge in [-0.2, -0.15) is 0 Å². The quantitative estimate of drug-likeness (QED) is 0.714. The van der Waals surface area contributed by atoms with Crippen molar-refractivity contribution >= 4 is 0 Å². The summed E-state index contributed by atoms with van der Waals surface area (Å²) in [7, 11) is 0. The Morgan fingerprint density at radius 2 is 1.28 bits per heavy atom. The summed E-state index contributed by atoms with van der Waals surface area (Å²) in [6, 6.07) is 8.03. The average Bonchev–Trinajstić information content (AvgIpc) is 2.43. The Balaban J connectivity index is 2.51. The standard InChI is InChI=1S/C23H32O2/c1-14-9-17(21(25)19(10-14)23(6,7)8)12-16-13-20(24)18(11-15(16)2)22(3,4)5/h9-11,13,24-25H,12H2,1-8H3. The van der Waals surface area contributed by atoms with Crippen LogP contribution in [0.15, 0.2) is 24.3 Å². The molecular formula is C23H32O2. The molecule has 0 spiro atoms. The molecule has 2 aromatic rings. The van der Waals surface area contributed by atoms with E-state index in [0.717, 1.165) is 33.4 Å². The molecule has 0 amide bonds. The van der Waals surface area contributed by atoms with Gasteiger partial charge in [0.25, 0.3) is 0 Å². The zero-order chi connectivity index (χ0) is 19.2. The van der Waals surface area contributed by atoms with E-state index in [1.54, 1.807) is 0 Å². The summed E-state index contributed by atoms with van der Waals surface area (Å²) >= 11 is 0. The van der Waals surface area contributed by atoms with E-state index in [2.05, 4.69) is 67.5 Å². The SMILES string of the molecule is Cc1cc(Cc2cc(O)c(C(C)(C)C)cc2C)c(O)c(C(C)(C)C)c1. The fourth-order valence-corrected chi connectivity index (χ4v) is 3.30. The third-order valence-electron chi connectivity index (χ3n) is 4.78. The van der Waals surface area contributed by atoms with Crippen LogP contribution in [0, 0.1) is 13.8 Å². The molecule has 0 aliphatic carbocycles. The second-order valence-electron chi connectivity index (χ2n) is 9.29. The number of benzene rings is 2. The van der Waals surface area contributed by atoms with E-state index in [4.69, 9.17) is 0 Å². The van der Waals surface area contributed by atoms with E-state index < -0.39 is 0 Å². The van der Waals surface area contributed by atoms with Gasteiger partial charge in [-0.15, -0.1) is 0 Å². The molecule has 25 heavy (non-hydrogen) atoms. The van der Waals surface area contributed by atoms with Crippen molar-refractivity contribution in [2.24, 2.45) is 0 Å². The van der Waals surface area contributed by atoms with Crippen molar-refractivity contribution < 1.29 is 10.2 Å². The predicted molar refractivity (Wildman–Crippen MR) is 106 cm³/mol. The zero-order valence-corrected chi connectivity index (χ0v) is 16.9. The van der Waals surface area contributed by atoms with Crippen molar-refractivity contribution in [3.05, 3.63) is 57.6 Å². The molecule has 2 nitrogen and oxygen atoms in total. The smallest absolute Gasteiger partial charge is 0.122 e. The molecule has 0 saturated heterocycles. The summed E-state index contributed by atoms with van der Waals surface area (Å²) in [6.07, 6.45) is 0.612. The molecule has 0 aliphatic rings. The van der Waals surface area contributed by atoms with Crippen LogP contribution in [0.4, 0.5) is 0 Å². The first-order valence-corrected chi connectivity index (χ1v) is 8.96. The highest BCUT2D eigenvalue weighted by Crippen LogP contribution is 2.37. The monoisotopic (exact) mass is 340 g/mol. The Morgan fingerprint density at radius 3 is 1.80 bits per heavy atom. The van der Waals surface area contributed by atoms with Gasteiger partial charge in [0.05, 0.1) is 0 Å². The first-order chi connectivity index (χ1) is 11.3. The highest BCUT2D eigenvalue weighted by atomic mass is 16.3. The van der Waals surface area contributed by atoms with Crippen molar-refractivity contribution in [2.45, 2.75) is 72.6 Å². The maximum Gasteiger partial charge on any atom is 0.122 e. The molecule has 0 fully saturated rings. The maximum atomic E-state index is 10.8. The van der Waals surface area contributed by atoms with Crippen molar-refractivity contribution in [1.29, 1.82) is 0 Å². The summed E-state index contributed by atoms with van der Waals surface area (Å²) < 4.78 is 0. The number of rotatable bonds is 2. The molecule has 0 bridgehead atoms. The van der Waals surface area contributed by atoms with Crippen LogP contribution in [0.2, 0.25) is 0 Å². The molecule has 136 valence electrons. The first kappa shape index (κ1) is 19.4. The number of phenols is 2. The van der Waals surface area contributed by atoms with Crippen molar-refractivity contribution in [3.8, 4) is 11.5 Å². The summed E-state index contributed by atoms with van der Waals surface area (Å²) in [6.45, 7) is 16.8. The van der Waals surface area contributed by atoms with Crippen LogP contribution in [0.5, 0.6) is 11.5 Å². The minimum Gasteiger partial charge on any atom is -0.508 e. The predicted octanol–water partition coefficient (Wildman–Crippen LogP) is 5.90. The molecule has 2 rings (SSSR count). The Hall–Kier alpha value is -1.96. The second kappa shape index (κ2) is 6.40. The van der Waals surface area contributed by atoms with Gasteiger partial charge in [-0.3, -0.25) is 0 Å². The third kappa shape index (κ3) is 4.18. The molecule has 0 saturated carbocycles. The van der Waals surface area contributed by atoms with Crippen LogP contribution in [0.3, 0.4) is 0 Å². The van der Waals surface area contributed by atoms with E-state index >= 15 is 0 Å². The largest absolute Gasteiger partial charge is 0.508 e. The first-order valence-electron chi connectivity index (χ1n) is 8.96. The number of aryl methyl sites for hydroxylation is 2. The fourth-order valence-electron chi connectivity index (χ4n) is 3.30. The maximum absolute atomic E-state index is 10.8. The molecule has 0 radical (unpaired) electrons. The molecule has 0 unspecified atom stereocenters. The van der Waals surface area contributed by atoms with Crippen molar-refractivity contribution in [2.75, 3.05) is 0 Å². The normalized spacial score (nSPS) is 12.5. The van der Waals surface area contributed by atoms with E-state index in [1.165, 1.54) is 0 Å². The van der Waals surface area contributed by atoms with E-state index in [-0.39, 0.29) is 10.8 Å². The van der Waals surface area contributed by atoms with Crippen LogP contribution < -0.4 is 0 Å². The van der Waals surface area contributed by atoms with Crippen LogP contribution in [0.25, 0.3) is 0 Å². The molecule has 0 atom stereocenters. The van der Waals surface area contributed by atoms with Crippen molar-refractivity contribution in [3.63, 3.8) is 0 Å². The van der Waals surface area contributed by atoms with Gasteiger partial charge in [0.1, 0.15) is 11.5 Å². The molecular weight excluding hydrogens is 308 g/mol. The van der Waals surface area contributed by atoms with E-state index in [9.17, 15) is 10.2 Å². The van der Waals surface area contributed by atoms with Crippen LogP contribution in [-0.4, -0.2) is 10.2 Å². The van der Waals surface area contributed by atoms with Gasteiger partial charge in [-0.05, 0) is 58.6 Å². The Bertz CT molecular complexity index is 787. The fraction of sp³-hybridized carbons (Fsp3) is 0.478. The van der Waals surface area contributed by atoms with Gasteiger partial charge in [0.2, 0.25) is 0 Å². The van der Waals surface area contributed by atoms with Gasteiger partial charge in [-0.25, -0.2) is 0 Å². The highest BCUT2D eigenvalue weighted by Gasteiger charge is 2.22. The minimum atomic E-state index is -0.113. The lowest BCUT2D eigenvalue weighted by Crippen LogP contribution is -2.13. The van der Waals surface area contributed by atoms with Crippen LogP contribution in [0.1, 0.15) is 74.9 Å². The van der Waals surface area contributed by atoms with Crippen molar-refractivity contribution in [1.82, 2.24) is 0 Å². The Morgan fingerprint density at radius 1 is 0.720 bits per heavy atom. The topological polar surface area (TPSA) is 40.5 Å². The van der Waals surface area contributed by atoms with E-state index in [1.807, 2.05) is 12.1 Å². The van der Waals surface area contributed by atoms with Gasteiger partial charge >= 0.3 is 0 Å². The lowest BCUT2D eigenvalue weighted by atomic mass is 9.82.